The first kappa shape index (κ1) is 15.5. The number of carbonyl (C=O) groups is 2. The normalized spacial score (nSPS) is 19.4. The topological polar surface area (TPSA) is 69.6 Å². The maximum Gasteiger partial charge on any atom is 0.313 e. The summed E-state index contributed by atoms with van der Waals surface area (Å²) in [4.78, 5) is 25.7. The molecule has 1 aliphatic heterocycles. The number of nitrogens with zero attached hydrogens (tertiary/aromatic N) is 1. The van der Waals surface area contributed by atoms with Crippen LogP contribution in [0.5, 0.6) is 0 Å². The summed E-state index contributed by atoms with van der Waals surface area (Å²) >= 11 is 0. The lowest BCUT2D eigenvalue weighted by Gasteiger charge is -2.17. The molecule has 5 nitrogen and oxygen atoms in total. The van der Waals surface area contributed by atoms with E-state index in [0.717, 1.165) is 17.5 Å². The highest BCUT2D eigenvalue weighted by atomic mass is 16.3. The molecule has 0 bridgehead atoms. The van der Waals surface area contributed by atoms with Crippen LogP contribution in [0.2, 0.25) is 0 Å². The highest BCUT2D eigenvalue weighted by molar-refractivity contribution is 6.39. The second kappa shape index (κ2) is 6.26. The molecule has 1 heterocycles. The minimum atomic E-state index is -0.619. The number of rotatable bonds is 2. The van der Waals surface area contributed by atoms with Gasteiger partial charge in [-0.25, -0.2) is 0 Å². The van der Waals surface area contributed by atoms with Crippen LogP contribution in [-0.4, -0.2) is 41.0 Å². The van der Waals surface area contributed by atoms with Crippen molar-refractivity contribution >= 4 is 17.5 Å². The average molecular weight is 290 g/mol. The minimum absolute atomic E-state index is 0.0583. The molecule has 0 aliphatic carbocycles. The van der Waals surface area contributed by atoms with Crippen LogP contribution >= 0.6 is 0 Å². The summed E-state index contributed by atoms with van der Waals surface area (Å²) in [5.74, 6) is -1.09. The zero-order valence-corrected chi connectivity index (χ0v) is 12.7. The van der Waals surface area contributed by atoms with Crippen molar-refractivity contribution in [1.29, 1.82) is 0 Å². The van der Waals surface area contributed by atoms with Gasteiger partial charge in [0.05, 0.1) is 6.10 Å². The van der Waals surface area contributed by atoms with E-state index >= 15 is 0 Å². The van der Waals surface area contributed by atoms with E-state index in [1.807, 2.05) is 32.0 Å². The Morgan fingerprint density at radius 1 is 1.29 bits per heavy atom. The van der Waals surface area contributed by atoms with Crippen molar-refractivity contribution in [2.45, 2.75) is 33.3 Å². The lowest BCUT2D eigenvalue weighted by molar-refractivity contribution is -0.142. The lowest BCUT2D eigenvalue weighted by Crippen LogP contribution is -2.38. The summed E-state index contributed by atoms with van der Waals surface area (Å²) in [5.41, 5.74) is 2.71. The third kappa shape index (κ3) is 3.82. The van der Waals surface area contributed by atoms with Gasteiger partial charge in [-0.3, -0.25) is 9.59 Å². The van der Waals surface area contributed by atoms with Gasteiger partial charge in [0, 0.05) is 24.7 Å². The van der Waals surface area contributed by atoms with Gasteiger partial charge in [0.2, 0.25) is 0 Å². The van der Waals surface area contributed by atoms with E-state index in [4.69, 9.17) is 0 Å². The molecule has 1 aromatic rings. The molecule has 114 valence electrons. The van der Waals surface area contributed by atoms with Gasteiger partial charge in [0.15, 0.2) is 0 Å². The highest BCUT2D eigenvalue weighted by Gasteiger charge is 2.32. The first-order valence-corrected chi connectivity index (χ1v) is 7.23. The monoisotopic (exact) mass is 290 g/mol. The fourth-order valence-corrected chi connectivity index (χ4v) is 2.74. The number of hydrogen-bond acceptors (Lipinski definition) is 3. The largest absolute Gasteiger partial charge is 0.393 e. The molecule has 2 rings (SSSR count). The number of aryl methyl sites for hydroxylation is 2. The molecule has 2 unspecified atom stereocenters. The molecular weight excluding hydrogens is 268 g/mol. The van der Waals surface area contributed by atoms with Crippen molar-refractivity contribution in [2.24, 2.45) is 5.92 Å². The lowest BCUT2D eigenvalue weighted by atomic mass is 10.0. The van der Waals surface area contributed by atoms with Crippen molar-refractivity contribution in [1.82, 2.24) is 4.90 Å². The van der Waals surface area contributed by atoms with Crippen molar-refractivity contribution in [3.63, 3.8) is 0 Å². The second-order valence-electron chi connectivity index (χ2n) is 5.87. The molecule has 2 N–H and O–H groups in total. The molecule has 5 heteroatoms. The van der Waals surface area contributed by atoms with E-state index in [1.165, 1.54) is 4.90 Å². The Balaban J connectivity index is 1.99. The van der Waals surface area contributed by atoms with Gasteiger partial charge in [-0.2, -0.15) is 0 Å². The van der Waals surface area contributed by atoms with Crippen LogP contribution in [0.25, 0.3) is 0 Å². The standard InChI is InChI=1S/C16H22N2O3/c1-10-6-11(2)8-14(7-10)17-15(20)16(21)18-5-4-13(9-18)12(3)19/h6-8,12-13,19H,4-5,9H2,1-3H3,(H,17,20). The van der Waals surface area contributed by atoms with E-state index in [9.17, 15) is 14.7 Å². The maximum atomic E-state index is 12.1. The third-order valence-electron chi connectivity index (χ3n) is 3.87. The molecule has 2 amide bonds. The number of aliphatic hydroxyl groups excluding tert-OH is 1. The summed E-state index contributed by atoms with van der Waals surface area (Å²) in [5, 5.41) is 12.2. The number of likely N-dealkylation sites (tertiary alicyclic amines) is 1. The summed E-state index contributed by atoms with van der Waals surface area (Å²) < 4.78 is 0. The minimum Gasteiger partial charge on any atom is -0.393 e. The van der Waals surface area contributed by atoms with E-state index in [2.05, 4.69) is 5.32 Å². The molecule has 2 atom stereocenters. The van der Waals surface area contributed by atoms with Crippen LogP contribution in [0.1, 0.15) is 24.5 Å². The molecule has 1 aliphatic rings. The molecule has 1 fully saturated rings. The summed E-state index contributed by atoms with van der Waals surface area (Å²) in [7, 11) is 0. The van der Waals surface area contributed by atoms with Crippen molar-refractivity contribution in [2.75, 3.05) is 18.4 Å². The number of nitrogens with one attached hydrogen (secondary N) is 1. The molecular formula is C16H22N2O3. The Labute approximate surface area is 125 Å². The van der Waals surface area contributed by atoms with Crippen molar-refractivity contribution < 1.29 is 14.7 Å². The molecule has 0 radical (unpaired) electrons. The fraction of sp³-hybridized carbons (Fsp3) is 0.500. The Morgan fingerprint density at radius 2 is 1.90 bits per heavy atom. The molecule has 0 saturated carbocycles. The third-order valence-corrected chi connectivity index (χ3v) is 3.87. The Morgan fingerprint density at radius 3 is 2.43 bits per heavy atom. The molecule has 0 spiro atoms. The van der Waals surface area contributed by atoms with Gasteiger partial charge in [0.25, 0.3) is 0 Å². The number of aliphatic hydroxyl groups is 1. The number of benzene rings is 1. The maximum absolute atomic E-state index is 12.1. The van der Waals surface area contributed by atoms with Crippen LogP contribution in [-0.2, 0) is 9.59 Å². The van der Waals surface area contributed by atoms with Gasteiger partial charge >= 0.3 is 11.8 Å². The zero-order chi connectivity index (χ0) is 15.6. The smallest absolute Gasteiger partial charge is 0.313 e. The highest BCUT2D eigenvalue weighted by Crippen LogP contribution is 2.20. The van der Waals surface area contributed by atoms with Crippen LogP contribution in [0.15, 0.2) is 18.2 Å². The number of hydrogen-bond donors (Lipinski definition) is 2. The number of amides is 2. The van der Waals surface area contributed by atoms with E-state index in [1.54, 1.807) is 6.92 Å². The summed E-state index contributed by atoms with van der Waals surface area (Å²) in [6.45, 7) is 6.57. The van der Waals surface area contributed by atoms with Gasteiger partial charge < -0.3 is 15.3 Å². The first-order chi connectivity index (χ1) is 9.86. The molecule has 1 aromatic carbocycles. The first-order valence-electron chi connectivity index (χ1n) is 7.23. The van der Waals surface area contributed by atoms with Crippen LogP contribution in [0.4, 0.5) is 5.69 Å². The quantitative estimate of drug-likeness (QED) is 0.810. The van der Waals surface area contributed by atoms with Gasteiger partial charge in [-0.1, -0.05) is 6.07 Å². The average Bonchev–Trinajstić information content (AvgIpc) is 2.86. The Kier molecular flexibility index (Phi) is 4.63. The summed E-state index contributed by atoms with van der Waals surface area (Å²) in [6, 6.07) is 5.67. The van der Waals surface area contributed by atoms with Crippen molar-refractivity contribution in [3.8, 4) is 0 Å². The second-order valence-corrected chi connectivity index (χ2v) is 5.87. The molecule has 0 aromatic heterocycles. The van der Waals surface area contributed by atoms with Gasteiger partial charge in [-0.05, 0) is 50.5 Å². The van der Waals surface area contributed by atoms with E-state index in [-0.39, 0.29) is 5.92 Å². The molecule has 1 saturated heterocycles. The van der Waals surface area contributed by atoms with Gasteiger partial charge in [0.1, 0.15) is 0 Å². The van der Waals surface area contributed by atoms with Crippen LogP contribution in [0, 0.1) is 19.8 Å². The number of anilines is 1. The summed E-state index contributed by atoms with van der Waals surface area (Å²) in [6.07, 6.45) is 0.283. The molecule has 21 heavy (non-hydrogen) atoms. The van der Waals surface area contributed by atoms with E-state index < -0.39 is 17.9 Å². The zero-order valence-electron chi connectivity index (χ0n) is 12.7. The fourth-order valence-electron chi connectivity index (χ4n) is 2.74. The Hall–Kier alpha value is -1.88. The number of carbonyl (C=O) groups excluding carboxylic acids is 2. The van der Waals surface area contributed by atoms with Crippen LogP contribution < -0.4 is 5.32 Å². The SMILES string of the molecule is Cc1cc(C)cc(NC(=O)C(=O)N2CCC(C(C)O)C2)c1. The van der Waals surface area contributed by atoms with E-state index in [0.29, 0.717) is 18.8 Å². The predicted molar refractivity (Wildman–Crippen MR) is 80.9 cm³/mol. The van der Waals surface area contributed by atoms with Crippen molar-refractivity contribution in [3.05, 3.63) is 29.3 Å². The van der Waals surface area contributed by atoms with Gasteiger partial charge in [-0.15, -0.1) is 0 Å². The predicted octanol–water partition coefficient (Wildman–Crippen LogP) is 1.47. The Bertz CT molecular complexity index is 534. The van der Waals surface area contributed by atoms with Crippen LogP contribution in [0.3, 0.4) is 0 Å².